The number of hydrogen-bond acceptors (Lipinski definition) is 5. The number of rotatable bonds is 7. The third-order valence-corrected chi connectivity index (χ3v) is 5.33. The third kappa shape index (κ3) is 5.10. The molecule has 0 unspecified atom stereocenters. The molecule has 134 valence electrons. The second-order valence-electron chi connectivity index (χ2n) is 6.95. The van der Waals surface area contributed by atoms with Crippen molar-refractivity contribution in [2.75, 3.05) is 52.4 Å². The molecule has 2 aliphatic rings. The first-order valence-corrected chi connectivity index (χ1v) is 9.35. The van der Waals surface area contributed by atoms with Gasteiger partial charge in [0, 0.05) is 51.7 Å². The number of furan rings is 1. The Balaban J connectivity index is 1.29. The van der Waals surface area contributed by atoms with Gasteiger partial charge in [0.05, 0.1) is 12.9 Å². The number of β-amino-alcohol motifs (C(OH)–C–C–N with tert-alkyl or cyclic N) is 1. The molecule has 2 heterocycles. The molecule has 0 atom stereocenters. The van der Waals surface area contributed by atoms with Gasteiger partial charge in [0.2, 0.25) is 0 Å². The van der Waals surface area contributed by atoms with Gasteiger partial charge in [-0.25, -0.2) is 0 Å². The number of nitrogens with zero attached hydrogens (tertiary/aromatic N) is 2. The first kappa shape index (κ1) is 17.5. The van der Waals surface area contributed by atoms with Gasteiger partial charge in [0.15, 0.2) is 0 Å². The lowest BCUT2D eigenvalue weighted by molar-refractivity contribution is 0.114. The summed E-state index contributed by atoms with van der Waals surface area (Å²) in [6.45, 7) is 7.60. The summed E-state index contributed by atoms with van der Waals surface area (Å²) in [5.41, 5.74) is 1.55. The lowest BCUT2D eigenvalue weighted by atomic mass is 9.85. The van der Waals surface area contributed by atoms with Gasteiger partial charge in [-0.1, -0.05) is 5.57 Å². The molecular formula is C19H31N3O2. The molecule has 0 spiro atoms. The van der Waals surface area contributed by atoms with Crippen LogP contribution in [0, 0.1) is 0 Å². The maximum atomic E-state index is 8.97. The van der Waals surface area contributed by atoms with E-state index < -0.39 is 0 Å². The van der Waals surface area contributed by atoms with Crippen LogP contribution in [0.3, 0.4) is 0 Å². The molecular weight excluding hydrogens is 302 g/mol. The zero-order valence-electron chi connectivity index (χ0n) is 14.6. The molecule has 0 aromatic carbocycles. The molecule has 2 fully saturated rings. The largest absolute Gasteiger partial charge is 0.469 e. The van der Waals surface area contributed by atoms with E-state index in [0.717, 1.165) is 51.6 Å². The van der Waals surface area contributed by atoms with Gasteiger partial charge in [-0.3, -0.25) is 9.80 Å². The van der Waals surface area contributed by atoms with E-state index in [9.17, 15) is 0 Å². The van der Waals surface area contributed by atoms with Crippen LogP contribution >= 0.6 is 0 Å². The predicted molar refractivity (Wildman–Crippen MR) is 96.0 cm³/mol. The molecule has 0 radical (unpaired) electrons. The Morgan fingerprint density at radius 2 is 1.83 bits per heavy atom. The molecule has 24 heavy (non-hydrogen) atoms. The molecule has 1 aliphatic heterocycles. The van der Waals surface area contributed by atoms with Gasteiger partial charge in [-0.15, -0.1) is 0 Å². The van der Waals surface area contributed by atoms with Crippen LogP contribution in [0.25, 0.3) is 0 Å². The Kier molecular flexibility index (Phi) is 6.75. The summed E-state index contributed by atoms with van der Waals surface area (Å²) in [7, 11) is 0. The fourth-order valence-electron chi connectivity index (χ4n) is 3.76. The van der Waals surface area contributed by atoms with Crippen molar-refractivity contribution in [2.24, 2.45) is 0 Å². The molecule has 1 aromatic heterocycles. The predicted octanol–water partition coefficient (Wildman–Crippen LogP) is 2.02. The first-order chi connectivity index (χ1) is 11.8. The quantitative estimate of drug-likeness (QED) is 0.748. The Labute approximate surface area is 145 Å². The lowest BCUT2D eigenvalue weighted by Crippen LogP contribution is -2.48. The smallest absolute Gasteiger partial charge is 0.106 e. The normalized spacial score (nSPS) is 23.4. The van der Waals surface area contributed by atoms with E-state index in [1.807, 2.05) is 6.07 Å². The average molecular weight is 333 g/mol. The minimum absolute atomic E-state index is 0.274. The molecule has 1 saturated carbocycles. The maximum absolute atomic E-state index is 8.97. The van der Waals surface area contributed by atoms with E-state index in [-0.39, 0.29) is 6.61 Å². The van der Waals surface area contributed by atoms with Crippen LogP contribution in [-0.2, 0) is 0 Å². The summed E-state index contributed by atoms with van der Waals surface area (Å²) >= 11 is 0. The maximum Gasteiger partial charge on any atom is 0.106 e. The van der Waals surface area contributed by atoms with Gasteiger partial charge in [-0.05, 0) is 44.0 Å². The van der Waals surface area contributed by atoms with E-state index in [1.54, 1.807) is 11.8 Å². The Bertz CT molecular complexity index is 483. The molecule has 0 bridgehead atoms. The van der Waals surface area contributed by atoms with Gasteiger partial charge >= 0.3 is 0 Å². The van der Waals surface area contributed by atoms with Crippen molar-refractivity contribution < 1.29 is 9.52 Å². The number of aliphatic hydroxyl groups excluding tert-OH is 1. The number of hydrogen-bond donors (Lipinski definition) is 2. The van der Waals surface area contributed by atoms with Gasteiger partial charge < -0.3 is 14.8 Å². The van der Waals surface area contributed by atoms with Crippen LogP contribution in [0.2, 0.25) is 0 Å². The van der Waals surface area contributed by atoms with Crippen molar-refractivity contribution in [3.8, 4) is 0 Å². The highest BCUT2D eigenvalue weighted by molar-refractivity contribution is 5.12. The number of nitrogens with one attached hydrogen (secondary N) is 1. The van der Waals surface area contributed by atoms with E-state index in [1.165, 1.54) is 25.7 Å². The highest BCUT2D eigenvalue weighted by Crippen LogP contribution is 2.35. The second kappa shape index (κ2) is 9.25. The van der Waals surface area contributed by atoms with E-state index >= 15 is 0 Å². The van der Waals surface area contributed by atoms with Crippen LogP contribution in [0.15, 0.2) is 34.6 Å². The van der Waals surface area contributed by atoms with Crippen LogP contribution in [0.4, 0.5) is 0 Å². The van der Waals surface area contributed by atoms with Crippen molar-refractivity contribution in [3.63, 3.8) is 0 Å². The Hall–Kier alpha value is -1.30. The summed E-state index contributed by atoms with van der Waals surface area (Å²) in [5.74, 6) is 1.76. The summed E-state index contributed by atoms with van der Waals surface area (Å²) in [4.78, 5) is 4.84. The van der Waals surface area contributed by atoms with Crippen LogP contribution in [-0.4, -0.2) is 67.3 Å². The number of allylic oxidation sites excluding steroid dienone is 1. The van der Waals surface area contributed by atoms with Gasteiger partial charge in [0.1, 0.15) is 5.76 Å². The van der Waals surface area contributed by atoms with Crippen molar-refractivity contribution >= 4 is 0 Å². The molecule has 0 amide bonds. The zero-order valence-corrected chi connectivity index (χ0v) is 14.6. The minimum Gasteiger partial charge on any atom is -0.469 e. The Morgan fingerprint density at radius 1 is 1.12 bits per heavy atom. The molecule has 1 saturated heterocycles. The standard InChI is InChI=1S/C19H31N3O2/c23-14-13-22-11-9-21(10-12-22)8-7-20-16-17-3-5-18(6-4-17)19-2-1-15-24-19/h1-2,15-16,18,20,23H,3-14H2. The van der Waals surface area contributed by atoms with E-state index in [0.29, 0.717) is 5.92 Å². The highest BCUT2D eigenvalue weighted by Gasteiger charge is 2.20. The lowest BCUT2D eigenvalue weighted by Gasteiger charge is -2.34. The SMILES string of the molecule is OCCN1CCN(CCNC=C2CCC(c3ccco3)CC2)CC1. The van der Waals surface area contributed by atoms with Crippen LogP contribution in [0.5, 0.6) is 0 Å². The van der Waals surface area contributed by atoms with Crippen molar-refractivity contribution in [2.45, 2.75) is 31.6 Å². The fourth-order valence-corrected chi connectivity index (χ4v) is 3.76. The third-order valence-electron chi connectivity index (χ3n) is 5.33. The highest BCUT2D eigenvalue weighted by atomic mass is 16.3. The molecule has 2 N–H and O–H groups in total. The van der Waals surface area contributed by atoms with Gasteiger partial charge in [0.25, 0.3) is 0 Å². The zero-order chi connectivity index (χ0) is 16.6. The van der Waals surface area contributed by atoms with Crippen molar-refractivity contribution in [3.05, 3.63) is 35.9 Å². The second-order valence-corrected chi connectivity index (χ2v) is 6.95. The molecule has 5 heteroatoms. The summed E-state index contributed by atoms with van der Waals surface area (Å²) in [6, 6.07) is 4.10. The topological polar surface area (TPSA) is 51.9 Å². The molecule has 3 rings (SSSR count). The van der Waals surface area contributed by atoms with Crippen LogP contribution < -0.4 is 5.32 Å². The molecule has 5 nitrogen and oxygen atoms in total. The summed E-state index contributed by atoms with van der Waals surface area (Å²) in [6.07, 6.45) is 8.80. The van der Waals surface area contributed by atoms with Crippen molar-refractivity contribution in [1.82, 2.24) is 15.1 Å². The van der Waals surface area contributed by atoms with Gasteiger partial charge in [-0.2, -0.15) is 0 Å². The summed E-state index contributed by atoms with van der Waals surface area (Å²) < 4.78 is 5.54. The minimum atomic E-state index is 0.274. The monoisotopic (exact) mass is 333 g/mol. The van der Waals surface area contributed by atoms with E-state index in [2.05, 4.69) is 27.4 Å². The van der Waals surface area contributed by atoms with E-state index in [4.69, 9.17) is 9.52 Å². The molecule has 1 aromatic rings. The van der Waals surface area contributed by atoms with Crippen LogP contribution in [0.1, 0.15) is 37.4 Å². The Morgan fingerprint density at radius 3 is 2.46 bits per heavy atom. The number of piperazine rings is 1. The average Bonchev–Trinajstić information content (AvgIpc) is 3.16. The summed E-state index contributed by atoms with van der Waals surface area (Å²) in [5, 5.41) is 12.5. The number of aliphatic hydroxyl groups is 1. The fraction of sp³-hybridized carbons (Fsp3) is 0.684. The molecule has 1 aliphatic carbocycles. The first-order valence-electron chi connectivity index (χ1n) is 9.35. The van der Waals surface area contributed by atoms with Crippen molar-refractivity contribution in [1.29, 1.82) is 0 Å².